The van der Waals surface area contributed by atoms with Gasteiger partial charge in [-0.2, -0.15) is 0 Å². The Hall–Kier alpha value is -12.8. The Balaban J connectivity index is 0.000000836. The summed E-state index contributed by atoms with van der Waals surface area (Å²) in [6.45, 7) is 11.4. The Labute approximate surface area is 719 Å². The summed E-state index contributed by atoms with van der Waals surface area (Å²) in [6.07, 6.45) is -0.0638. The number of rotatable bonds is 52. The minimum Gasteiger partial charge on any atom is -0.438 e. The summed E-state index contributed by atoms with van der Waals surface area (Å²) in [7, 11) is 2.30. The van der Waals surface area contributed by atoms with Gasteiger partial charge in [0.2, 0.25) is 51.3 Å². The van der Waals surface area contributed by atoms with Crippen molar-refractivity contribution in [1.29, 1.82) is 0 Å². The van der Waals surface area contributed by atoms with E-state index >= 15 is 0 Å². The number of benzene rings is 4. The molecule has 0 radical (unpaired) electrons. The van der Waals surface area contributed by atoms with Crippen LogP contribution in [-0.4, -0.2) is 175 Å². The first-order chi connectivity index (χ1) is 59.4. The smallest absolute Gasteiger partial charge is 0.438 e. The molecule has 0 aliphatic rings. The number of esters is 10. The standard InChI is InChI=1S/C28H34O10.C24H26O8.C18H30O10.C16H26O10/c1-21(37-27(31)33-19-23-13-7-5-8-14-23)35-25(29)17-11-3-4-12-18-26(30)36-22(2)38-28(32)34-20-24-15-9-6-10-16-24;25-21(29-17-31-23(27)19-11-5-3-6-12-19)15-9-1-2-10-16-22(26)30-18-32-24(28)20-13-7-4-8-14-20;1-5-23-17(21)27-13(3)25-15(19)11-9-7-8-10-12-16(20)26-14(4)28-18(22)24-6-2;1-11(25-15(19)21-3)23-13(17)9-7-5-6-8-10-14(18)24-12(2)26-16(20)22-4/h5-10,13-16,21-22H,3-4,11-12,17-20H2,1-2H3;3-8,11-14H,1-2,9-10,15-18H2;13-14H,5-12H2,1-4H3;11-12H,5-10H2,1-4H3. The van der Waals surface area contributed by atoms with E-state index in [1.807, 2.05) is 60.7 Å². The molecule has 0 bridgehead atoms. The van der Waals surface area contributed by atoms with Crippen LogP contribution in [0.5, 0.6) is 0 Å². The summed E-state index contributed by atoms with van der Waals surface area (Å²) in [4.78, 5) is 184. The van der Waals surface area contributed by atoms with E-state index in [0.29, 0.717) is 101 Å². The molecule has 0 saturated heterocycles. The predicted molar refractivity (Wildman–Crippen MR) is 428 cm³/mol. The van der Waals surface area contributed by atoms with Crippen LogP contribution in [0.3, 0.4) is 0 Å². The molecule has 4 aromatic carbocycles. The number of carbonyl (C=O) groups excluding carboxylic acids is 16. The quantitative estimate of drug-likeness (QED) is 0.0171. The highest BCUT2D eigenvalue weighted by atomic mass is 16.8. The molecule has 0 saturated carbocycles. The molecule has 6 atom stereocenters. The molecule has 38 heteroatoms. The fourth-order valence-corrected chi connectivity index (χ4v) is 9.65. The highest BCUT2D eigenvalue weighted by Crippen LogP contribution is 2.16. The zero-order chi connectivity index (χ0) is 91.9. The van der Waals surface area contributed by atoms with Crippen molar-refractivity contribution in [2.24, 2.45) is 0 Å². The van der Waals surface area contributed by atoms with E-state index in [1.165, 1.54) is 41.5 Å². The Morgan fingerprint density at radius 3 is 0.645 bits per heavy atom. The topological polar surface area (TPSA) is 476 Å². The van der Waals surface area contributed by atoms with E-state index in [2.05, 4.69) is 28.4 Å². The Kier molecular flexibility index (Phi) is 61.5. The lowest BCUT2D eigenvalue weighted by Gasteiger charge is -2.14. The number of carbonyl (C=O) groups is 16. The maximum absolute atomic E-state index is 11.9. The van der Waals surface area contributed by atoms with Gasteiger partial charge < -0.3 is 104 Å². The predicted octanol–water partition coefficient (Wildman–Crippen LogP) is 16.0. The zero-order valence-corrected chi connectivity index (χ0v) is 71.7. The lowest BCUT2D eigenvalue weighted by molar-refractivity contribution is -0.170. The first-order valence-corrected chi connectivity index (χ1v) is 40.3. The Morgan fingerprint density at radius 2 is 0.427 bits per heavy atom. The molecular formula is C86H116O38. The van der Waals surface area contributed by atoms with E-state index in [9.17, 15) is 76.7 Å². The van der Waals surface area contributed by atoms with Crippen molar-refractivity contribution in [1.82, 2.24) is 0 Å². The van der Waals surface area contributed by atoms with Gasteiger partial charge in [-0.05, 0) is 101 Å². The van der Waals surface area contributed by atoms with E-state index in [0.717, 1.165) is 38.2 Å². The SMILES string of the molecule is CC(OC(=O)CCCCCCC(=O)OC(C)OC(=O)OCc1ccccc1)OC(=O)OCc1ccccc1.CCOC(=O)OC(C)OC(=O)CCCCCCC(=O)OC(C)OC(=O)OCC.COC(=O)OC(C)OC(=O)CCCCCCC(=O)OC(C)OC(=O)OC.O=C(CCCCCCC(=O)OCOC(=O)c1ccccc1)OCOC(=O)c1ccccc1. The largest absolute Gasteiger partial charge is 0.511 e. The van der Waals surface area contributed by atoms with Gasteiger partial charge in [0, 0.05) is 92.9 Å². The molecule has 0 heterocycles. The first kappa shape index (κ1) is 109. The molecule has 0 N–H and O–H groups in total. The van der Waals surface area contributed by atoms with Gasteiger partial charge in [0.1, 0.15) is 13.2 Å². The maximum Gasteiger partial charge on any atom is 0.511 e. The fraction of sp³-hybridized carbons (Fsp3) is 0.535. The average molecular weight is 1760 g/mol. The number of hydrogen-bond donors (Lipinski definition) is 0. The summed E-state index contributed by atoms with van der Waals surface area (Å²) in [5.74, 6) is -4.97. The molecule has 0 aliphatic heterocycles. The van der Waals surface area contributed by atoms with E-state index in [4.69, 9.17) is 75.8 Å². The van der Waals surface area contributed by atoms with Crippen LogP contribution in [0.15, 0.2) is 121 Å². The summed E-state index contributed by atoms with van der Waals surface area (Å²) < 4.78 is 105. The molecule has 0 aliphatic carbocycles. The van der Waals surface area contributed by atoms with E-state index in [1.54, 1.807) is 74.5 Å². The van der Waals surface area contributed by atoms with Crippen LogP contribution in [0.25, 0.3) is 0 Å². The van der Waals surface area contributed by atoms with Crippen molar-refractivity contribution in [3.05, 3.63) is 144 Å². The minimum absolute atomic E-state index is 0.0567. The van der Waals surface area contributed by atoms with Crippen molar-refractivity contribution < 1.29 is 181 Å². The van der Waals surface area contributed by atoms with E-state index in [-0.39, 0.29) is 77.8 Å². The normalized spacial score (nSPS) is 11.6. The van der Waals surface area contributed by atoms with Gasteiger partial charge >= 0.3 is 96.6 Å². The second kappa shape index (κ2) is 69.8. The van der Waals surface area contributed by atoms with Crippen LogP contribution in [0.2, 0.25) is 0 Å². The van der Waals surface area contributed by atoms with Gasteiger partial charge in [0.05, 0.1) is 38.6 Å². The zero-order valence-electron chi connectivity index (χ0n) is 71.7. The third kappa shape index (κ3) is 62.3. The lowest BCUT2D eigenvalue weighted by Crippen LogP contribution is -2.22. The van der Waals surface area contributed by atoms with Crippen LogP contribution in [0.1, 0.15) is 241 Å². The van der Waals surface area contributed by atoms with Crippen molar-refractivity contribution in [3.8, 4) is 0 Å². The lowest BCUT2D eigenvalue weighted by atomic mass is 10.1. The molecule has 688 valence electrons. The monoisotopic (exact) mass is 1760 g/mol. The fourth-order valence-electron chi connectivity index (χ4n) is 9.65. The van der Waals surface area contributed by atoms with Gasteiger partial charge in [0.15, 0.2) is 0 Å². The Morgan fingerprint density at radius 1 is 0.226 bits per heavy atom. The first-order valence-electron chi connectivity index (χ1n) is 40.3. The number of methoxy groups -OCH3 is 2. The van der Waals surface area contributed by atoms with Crippen molar-refractivity contribution in [2.45, 2.75) is 260 Å². The van der Waals surface area contributed by atoms with Crippen LogP contribution >= 0.6 is 0 Å². The van der Waals surface area contributed by atoms with Gasteiger partial charge in [-0.3, -0.25) is 38.4 Å². The third-order valence-corrected chi connectivity index (χ3v) is 15.5. The summed E-state index contributed by atoms with van der Waals surface area (Å²) in [5.41, 5.74) is 2.39. The van der Waals surface area contributed by atoms with Gasteiger partial charge in [0.25, 0.3) is 0 Å². The average Bonchev–Trinajstić information content (AvgIpc) is 0.883. The molecule has 4 aromatic rings. The maximum atomic E-state index is 11.9. The molecule has 0 fully saturated rings. The molecule has 38 nitrogen and oxygen atoms in total. The van der Waals surface area contributed by atoms with E-state index < -0.39 is 148 Å². The summed E-state index contributed by atoms with van der Waals surface area (Å²) in [5, 5.41) is 0. The Bertz CT molecular complexity index is 3500. The second-order valence-electron chi connectivity index (χ2n) is 25.9. The second-order valence-corrected chi connectivity index (χ2v) is 25.9. The molecule has 124 heavy (non-hydrogen) atoms. The molecule has 6 unspecified atom stereocenters. The van der Waals surface area contributed by atoms with Crippen molar-refractivity contribution >= 4 is 96.6 Å². The van der Waals surface area contributed by atoms with Gasteiger partial charge in [-0.1, -0.05) is 148 Å². The van der Waals surface area contributed by atoms with Crippen LogP contribution in [0, 0.1) is 0 Å². The van der Waals surface area contributed by atoms with Crippen molar-refractivity contribution in [3.63, 3.8) is 0 Å². The summed E-state index contributed by atoms with van der Waals surface area (Å²) in [6, 6.07) is 35.1. The third-order valence-electron chi connectivity index (χ3n) is 15.5. The molecule has 0 aromatic heterocycles. The van der Waals surface area contributed by atoms with Crippen LogP contribution in [0.4, 0.5) is 28.8 Å². The number of ether oxygens (including phenoxy) is 22. The minimum atomic E-state index is -1.07. The summed E-state index contributed by atoms with van der Waals surface area (Å²) >= 11 is 0. The van der Waals surface area contributed by atoms with Gasteiger partial charge in [-0.25, -0.2) is 38.4 Å². The molecular weight excluding hydrogens is 1640 g/mol. The van der Waals surface area contributed by atoms with Crippen molar-refractivity contribution in [2.75, 3.05) is 41.0 Å². The highest BCUT2D eigenvalue weighted by Gasteiger charge is 2.22. The number of hydrogen-bond acceptors (Lipinski definition) is 38. The van der Waals surface area contributed by atoms with Crippen LogP contribution < -0.4 is 0 Å². The molecule has 0 spiro atoms. The van der Waals surface area contributed by atoms with Crippen LogP contribution in [-0.2, 0) is 156 Å². The molecule has 4 rings (SSSR count). The van der Waals surface area contributed by atoms with Gasteiger partial charge in [-0.15, -0.1) is 0 Å². The number of unbranched alkanes of at least 4 members (excludes halogenated alkanes) is 12. The highest BCUT2D eigenvalue weighted by molar-refractivity contribution is 5.90. The molecule has 0 amide bonds.